The predicted molar refractivity (Wildman–Crippen MR) is 165 cm³/mol. The molecule has 7 rings (SSSR count). The van der Waals surface area contributed by atoms with Crippen molar-refractivity contribution in [2.45, 2.75) is 12.8 Å². The molecular formula is C35H23BrN2O3. The van der Waals surface area contributed by atoms with Crippen molar-refractivity contribution in [1.82, 2.24) is 9.13 Å². The lowest BCUT2D eigenvalue weighted by Crippen LogP contribution is -2.23. The first-order chi connectivity index (χ1) is 20.0. The van der Waals surface area contributed by atoms with Crippen LogP contribution >= 0.6 is 15.9 Å². The van der Waals surface area contributed by atoms with Gasteiger partial charge in [-0.15, -0.1) is 0 Å². The fourth-order valence-corrected chi connectivity index (χ4v) is 6.29. The van der Waals surface area contributed by atoms with Crippen LogP contribution in [0.4, 0.5) is 0 Å². The number of hydrogen-bond acceptors (Lipinski definition) is 3. The summed E-state index contributed by atoms with van der Waals surface area (Å²) in [4.78, 5) is 42.7. The SMILES string of the molecule is Cc1cc2c(c(C3C(=O)c4ccccc4C3=O)c(-c3ccc(Br)cc3)n2-c2ccccc2)c(=O)n1-c1ccccc1. The van der Waals surface area contributed by atoms with Crippen LogP contribution in [0.3, 0.4) is 0 Å². The quantitative estimate of drug-likeness (QED) is 0.195. The molecular weight excluding hydrogens is 576 g/mol. The number of Topliss-reactive ketones (excluding diaryl/α,β-unsaturated/α-hetero) is 2. The predicted octanol–water partition coefficient (Wildman–Crippen LogP) is 7.68. The Kier molecular flexibility index (Phi) is 5.94. The monoisotopic (exact) mass is 598 g/mol. The van der Waals surface area contributed by atoms with Crippen molar-refractivity contribution < 1.29 is 9.59 Å². The van der Waals surface area contributed by atoms with E-state index in [-0.39, 0.29) is 17.1 Å². The van der Waals surface area contributed by atoms with E-state index >= 15 is 0 Å². The second-order valence-electron chi connectivity index (χ2n) is 10.2. The molecule has 1 aliphatic carbocycles. The maximum absolute atomic E-state index is 14.6. The molecule has 0 saturated carbocycles. The number of halogens is 1. The standard InChI is InChI=1S/C35H23BrN2O3/c1-21-20-28-29(35(41)37(21)24-10-4-2-5-11-24)30(31-33(39)26-14-8-9-15-27(26)34(31)40)32(22-16-18-23(36)19-17-22)38(28)25-12-6-3-7-13-25/h2-20,31H,1H3. The summed E-state index contributed by atoms with van der Waals surface area (Å²) in [5.41, 5.74) is 5.32. The third-order valence-corrected chi connectivity index (χ3v) is 8.31. The smallest absolute Gasteiger partial charge is 0.265 e. The van der Waals surface area contributed by atoms with Gasteiger partial charge in [-0.3, -0.25) is 19.0 Å². The van der Waals surface area contributed by atoms with E-state index in [0.717, 1.165) is 21.4 Å². The highest BCUT2D eigenvalue weighted by Gasteiger charge is 2.43. The minimum Gasteiger partial charge on any atom is -0.309 e. The summed E-state index contributed by atoms with van der Waals surface area (Å²) in [6, 6.07) is 35.8. The number of para-hydroxylation sites is 2. The topological polar surface area (TPSA) is 61.1 Å². The molecule has 0 radical (unpaired) electrons. The van der Waals surface area contributed by atoms with E-state index in [9.17, 15) is 14.4 Å². The Morgan fingerprint density at radius 3 is 1.71 bits per heavy atom. The lowest BCUT2D eigenvalue weighted by molar-refractivity contribution is 0.0891. The van der Waals surface area contributed by atoms with Gasteiger partial charge in [0.05, 0.1) is 16.6 Å². The number of benzene rings is 4. The number of ketones is 2. The lowest BCUT2D eigenvalue weighted by Gasteiger charge is -2.15. The molecule has 0 saturated heterocycles. The van der Waals surface area contributed by atoms with Gasteiger partial charge in [0, 0.05) is 38.2 Å². The van der Waals surface area contributed by atoms with Crippen molar-refractivity contribution in [3.8, 4) is 22.6 Å². The number of carbonyl (C=O) groups is 2. The minimum atomic E-state index is -1.14. The number of carbonyl (C=O) groups excluding carboxylic acids is 2. The van der Waals surface area contributed by atoms with Crippen LogP contribution in [-0.2, 0) is 0 Å². The molecule has 41 heavy (non-hydrogen) atoms. The molecule has 2 heterocycles. The normalized spacial score (nSPS) is 13.2. The van der Waals surface area contributed by atoms with Crippen LogP contribution in [0.2, 0.25) is 0 Å². The molecule has 198 valence electrons. The van der Waals surface area contributed by atoms with E-state index < -0.39 is 5.92 Å². The molecule has 4 aromatic carbocycles. The summed E-state index contributed by atoms with van der Waals surface area (Å²) >= 11 is 3.53. The van der Waals surface area contributed by atoms with E-state index in [1.807, 2.05) is 102 Å². The summed E-state index contributed by atoms with van der Waals surface area (Å²) < 4.78 is 4.57. The Morgan fingerprint density at radius 1 is 0.634 bits per heavy atom. The Balaban J connectivity index is 1.68. The van der Waals surface area contributed by atoms with Crippen LogP contribution in [0.15, 0.2) is 125 Å². The number of pyridine rings is 1. The highest BCUT2D eigenvalue weighted by atomic mass is 79.9. The Morgan fingerprint density at radius 2 is 1.15 bits per heavy atom. The molecule has 0 fully saturated rings. The Labute approximate surface area is 244 Å². The van der Waals surface area contributed by atoms with Gasteiger partial charge in [0.15, 0.2) is 11.6 Å². The number of nitrogens with zero attached hydrogens (tertiary/aromatic N) is 2. The summed E-state index contributed by atoms with van der Waals surface area (Å²) in [5, 5.41) is 0.362. The highest BCUT2D eigenvalue weighted by Crippen LogP contribution is 2.44. The summed E-state index contributed by atoms with van der Waals surface area (Å²) in [5.74, 6) is -1.72. The average molecular weight is 599 g/mol. The van der Waals surface area contributed by atoms with Gasteiger partial charge < -0.3 is 4.57 Å². The van der Waals surface area contributed by atoms with Gasteiger partial charge in [-0.05, 0) is 55.0 Å². The molecule has 0 atom stereocenters. The molecule has 6 aromatic rings. The second kappa shape index (κ2) is 9.68. The fourth-order valence-electron chi connectivity index (χ4n) is 6.03. The maximum Gasteiger partial charge on any atom is 0.265 e. The Hall–Kier alpha value is -4.81. The molecule has 1 aliphatic rings. The number of hydrogen-bond donors (Lipinski definition) is 0. The lowest BCUT2D eigenvalue weighted by atomic mass is 9.89. The fraction of sp³-hybridized carbons (Fsp3) is 0.0571. The van der Waals surface area contributed by atoms with Crippen molar-refractivity contribution in [3.05, 3.63) is 152 Å². The number of rotatable bonds is 4. The van der Waals surface area contributed by atoms with Crippen LogP contribution in [0.25, 0.3) is 33.5 Å². The molecule has 0 bridgehead atoms. The van der Waals surface area contributed by atoms with Gasteiger partial charge in [0.25, 0.3) is 5.56 Å². The first-order valence-electron chi connectivity index (χ1n) is 13.3. The summed E-state index contributed by atoms with van der Waals surface area (Å²) in [6.45, 7) is 1.90. The Bertz CT molecular complexity index is 2020. The maximum atomic E-state index is 14.6. The van der Waals surface area contributed by atoms with E-state index in [2.05, 4.69) is 15.9 Å². The molecule has 0 unspecified atom stereocenters. The minimum absolute atomic E-state index is 0.272. The molecule has 5 nitrogen and oxygen atoms in total. The summed E-state index contributed by atoms with van der Waals surface area (Å²) in [6.07, 6.45) is 0. The van der Waals surface area contributed by atoms with Gasteiger partial charge in [-0.25, -0.2) is 0 Å². The van der Waals surface area contributed by atoms with Gasteiger partial charge in [0.2, 0.25) is 0 Å². The highest BCUT2D eigenvalue weighted by molar-refractivity contribution is 9.10. The van der Waals surface area contributed by atoms with Gasteiger partial charge in [-0.1, -0.05) is 88.7 Å². The van der Waals surface area contributed by atoms with Crippen molar-refractivity contribution in [3.63, 3.8) is 0 Å². The van der Waals surface area contributed by atoms with Gasteiger partial charge >= 0.3 is 0 Å². The van der Waals surface area contributed by atoms with E-state index in [1.165, 1.54) is 0 Å². The second-order valence-corrected chi connectivity index (χ2v) is 11.1. The number of fused-ring (bicyclic) bond motifs is 2. The van der Waals surface area contributed by atoms with Crippen molar-refractivity contribution in [2.75, 3.05) is 0 Å². The van der Waals surface area contributed by atoms with Crippen molar-refractivity contribution in [2.24, 2.45) is 0 Å². The van der Waals surface area contributed by atoms with E-state index in [0.29, 0.717) is 39.0 Å². The van der Waals surface area contributed by atoms with Crippen LogP contribution in [0.5, 0.6) is 0 Å². The first-order valence-corrected chi connectivity index (χ1v) is 14.1. The average Bonchev–Trinajstić information content (AvgIpc) is 3.45. The molecule has 0 N–H and O–H groups in total. The van der Waals surface area contributed by atoms with Gasteiger partial charge in [-0.2, -0.15) is 0 Å². The zero-order chi connectivity index (χ0) is 28.2. The summed E-state index contributed by atoms with van der Waals surface area (Å²) in [7, 11) is 0. The molecule has 2 aromatic heterocycles. The molecule has 0 amide bonds. The third kappa shape index (κ3) is 3.86. The molecule has 6 heteroatoms. The molecule has 0 aliphatic heterocycles. The van der Waals surface area contributed by atoms with Crippen LogP contribution in [0.1, 0.15) is 37.9 Å². The van der Waals surface area contributed by atoms with Crippen LogP contribution in [0, 0.1) is 6.92 Å². The van der Waals surface area contributed by atoms with Crippen LogP contribution < -0.4 is 5.56 Å². The van der Waals surface area contributed by atoms with Crippen LogP contribution in [-0.4, -0.2) is 20.7 Å². The third-order valence-electron chi connectivity index (χ3n) is 7.78. The zero-order valence-corrected chi connectivity index (χ0v) is 23.6. The molecule has 0 spiro atoms. The van der Waals surface area contributed by atoms with Gasteiger partial charge in [0.1, 0.15) is 5.92 Å². The zero-order valence-electron chi connectivity index (χ0n) is 22.0. The largest absolute Gasteiger partial charge is 0.309 e. The first kappa shape index (κ1) is 25.2. The number of aromatic nitrogens is 2. The van der Waals surface area contributed by atoms with Crippen molar-refractivity contribution >= 4 is 38.4 Å². The van der Waals surface area contributed by atoms with Crippen molar-refractivity contribution in [1.29, 1.82) is 0 Å². The van der Waals surface area contributed by atoms with E-state index in [4.69, 9.17) is 0 Å². The van der Waals surface area contributed by atoms with E-state index in [1.54, 1.807) is 28.8 Å². The number of aryl methyl sites for hydroxylation is 1.